The van der Waals surface area contributed by atoms with Crippen molar-refractivity contribution in [2.45, 2.75) is 283 Å². The summed E-state index contributed by atoms with van der Waals surface area (Å²) in [5, 5.41) is 9.74. The number of rotatable bonds is 60. The molecule has 9 nitrogen and oxygen atoms in total. The molecule has 0 rings (SSSR count). The normalized spacial score (nSPS) is 13.4. The Bertz CT molecular complexity index is 1700. The van der Waals surface area contributed by atoms with Crippen LogP contribution in [-0.2, 0) is 33.3 Å². The van der Waals surface area contributed by atoms with Gasteiger partial charge in [0.25, 0.3) is 6.29 Å². The van der Waals surface area contributed by atoms with Gasteiger partial charge in [-0.05, 0) is 96.3 Å². The lowest BCUT2D eigenvalue weighted by molar-refractivity contribution is -0.870. The van der Waals surface area contributed by atoms with Gasteiger partial charge in [0.2, 0.25) is 0 Å². The minimum Gasteiger partial charge on any atom is -0.477 e. The van der Waals surface area contributed by atoms with Crippen LogP contribution in [0.2, 0.25) is 0 Å². The molecule has 0 aromatic rings. The maximum atomic E-state index is 12.9. The first kappa shape index (κ1) is 77.0. The van der Waals surface area contributed by atoms with Crippen LogP contribution < -0.4 is 0 Å². The van der Waals surface area contributed by atoms with Crippen LogP contribution in [0.5, 0.6) is 0 Å². The number of nitrogens with zero attached hydrogens (tertiary/aromatic N) is 1. The lowest BCUT2D eigenvalue weighted by Crippen LogP contribution is -2.40. The van der Waals surface area contributed by atoms with Gasteiger partial charge in [-0.2, -0.15) is 0 Å². The molecule has 0 aromatic heterocycles. The molecule has 0 radical (unpaired) electrons. The van der Waals surface area contributed by atoms with Gasteiger partial charge in [0.1, 0.15) is 13.2 Å². The summed E-state index contributed by atoms with van der Waals surface area (Å²) in [5.74, 6) is -2.01. The molecule has 1 N–H and O–H groups in total. The molecule has 0 amide bonds. The van der Waals surface area contributed by atoms with Crippen LogP contribution in [-0.4, -0.2) is 87.4 Å². The summed E-state index contributed by atoms with van der Waals surface area (Å²) in [6.07, 6.45) is 83.3. The number of allylic oxidation sites excluding steroid dienone is 18. The number of ether oxygens (including phenoxy) is 4. The Morgan fingerprint density at radius 1 is 0.370 bits per heavy atom. The number of carboxylic acids is 1. The van der Waals surface area contributed by atoms with E-state index in [2.05, 4.69) is 123 Å². The van der Waals surface area contributed by atoms with Gasteiger partial charge >= 0.3 is 17.9 Å². The minimum absolute atomic E-state index is 0.183. The number of carbonyl (C=O) groups excluding carboxylic acids is 2. The fraction of sp³-hybridized carbons (Fsp3) is 0.708. The highest BCUT2D eigenvalue weighted by atomic mass is 16.7. The number of esters is 2. The Balaban J connectivity index is 4.13. The minimum atomic E-state index is -1.52. The zero-order chi connectivity index (χ0) is 59.1. The third-order valence-corrected chi connectivity index (χ3v) is 14.0. The van der Waals surface area contributed by atoms with E-state index >= 15 is 0 Å². The standard InChI is InChI=1S/C72H123NO8/c1-6-8-10-12-14-16-18-20-22-24-26-28-30-31-32-33-34-35-36-37-38-39-41-43-45-47-49-51-53-55-57-59-61-63-70(75)81-68(67-80-72(71(76)77)78-65-64-73(3,4)5)66-79-69(74)62-60-58-56-54-52-50-48-46-44-42-40-29-27-25-23-21-19-17-15-13-11-9-7-2/h8-11,14-17,20-23,26-29,31-32,68,72H,6-7,12-13,18-19,24-25,30,33-67H2,1-5H3/p+1/b10-8-,11-9-,16-14-,17-15-,22-20-,23-21-,28-26-,29-27-,32-31-. The van der Waals surface area contributed by atoms with E-state index in [0.29, 0.717) is 17.4 Å². The Morgan fingerprint density at radius 3 is 0.988 bits per heavy atom. The van der Waals surface area contributed by atoms with Crippen molar-refractivity contribution >= 4 is 17.9 Å². The third-order valence-electron chi connectivity index (χ3n) is 14.0. The molecule has 464 valence electrons. The van der Waals surface area contributed by atoms with E-state index in [1.165, 1.54) is 141 Å². The number of carboxylic acid groups (broad SMARTS) is 1. The number of likely N-dealkylation sites (N-methyl/N-ethyl adjacent to an activating group) is 1. The predicted octanol–water partition coefficient (Wildman–Crippen LogP) is 20.2. The first-order valence-corrected chi connectivity index (χ1v) is 33.1. The molecule has 0 fully saturated rings. The summed E-state index contributed by atoms with van der Waals surface area (Å²) in [4.78, 5) is 37.6. The van der Waals surface area contributed by atoms with E-state index in [4.69, 9.17) is 18.9 Å². The highest BCUT2D eigenvalue weighted by molar-refractivity contribution is 5.71. The monoisotopic (exact) mass is 1130 g/mol. The molecule has 0 aliphatic heterocycles. The van der Waals surface area contributed by atoms with Crippen LogP contribution in [0, 0.1) is 0 Å². The van der Waals surface area contributed by atoms with Crippen molar-refractivity contribution in [3.8, 4) is 0 Å². The molecular weight excluding hydrogens is 1010 g/mol. The van der Waals surface area contributed by atoms with Crippen molar-refractivity contribution in [2.75, 3.05) is 47.5 Å². The molecule has 2 unspecified atom stereocenters. The molecule has 0 aliphatic rings. The summed E-state index contributed by atoms with van der Waals surface area (Å²) in [7, 11) is 5.97. The topological polar surface area (TPSA) is 108 Å². The van der Waals surface area contributed by atoms with Crippen LogP contribution in [0.15, 0.2) is 109 Å². The molecule has 0 saturated carbocycles. The van der Waals surface area contributed by atoms with Crippen LogP contribution in [0.3, 0.4) is 0 Å². The van der Waals surface area contributed by atoms with Gasteiger partial charge in [-0.25, -0.2) is 4.79 Å². The fourth-order valence-corrected chi connectivity index (χ4v) is 9.03. The van der Waals surface area contributed by atoms with Crippen LogP contribution in [0.1, 0.15) is 271 Å². The van der Waals surface area contributed by atoms with E-state index in [0.717, 1.165) is 103 Å². The first-order chi connectivity index (χ1) is 39.6. The summed E-state index contributed by atoms with van der Waals surface area (Å²) in [6.45, 7) is 4.66. The molecule has 0 aliphatic carbocycles. The largest absolute Gasteiger partial charge is 0.477 e. The molecule has 0 spiro atoms. The third kappa shape index (κ3) is 63.4. The van der Waals surface area contributed by atoms with Crippen molar-refractivity contribution < 1.29 is 42.9 Å². The van der Waals surface area contributed by atoms with Crippen LogP contribution >= 0.6 is 0 Å². The Labute approximate surface area is 498 Å². The molecule has 0 heterocycles. The molecule has 0 saturated heterocycles. The van der Waals surface area contributed by atoms with Gasteiger partial charge in [-0.3, -0.25) is 9.59 Å². The second kappa shape index (κ2) is 62.0. The first-order valence-electron chi connectivity index (χ1n) is 33.1. The Morgan fingerprint density at radius 2 is 0.667 bits per heavy atom. The molecular formula is C72H124NO8+. The molecule has 81 heavy (non-hydrogen) atoms. The Hall–Kier alpha value is -4.05. The van der Waals surface area contributed by atoms with E-state index in [1.54, 1.807) is 0 Å². The molecule has 2 atom stereocenters. The second-order valence-electron chi connectivity index (χ2n) is 23.0. The Kier molecular flexibility index (Phi) is 58.9. The summed E-state index contributed by atoms with van der Waals surface area (Å²) in [5.41, 5.74) is 0. The van der Waals surface area contributed by atoms with E-state index in [9.17, 15) is 19.5 Å². The highest BCUT2D eigenvalue weighted by Gasteiger charge is 2.25. The van der Waals surface area contributed by atoms with Crippen molar-refractivity contribution in [1.29, 1.82) is 0 Å². The summed E-state index contributed by atoms with van der Waals surface area (Å²) >= 11 is 0. The lowest BCUT2D eigenvalue weighted by Gasteiger charge is -2.25. The van der Waals surface area contributed by atoms with Gasteiger partial charge in [-0.15, -0.1) is 0 Å². The quantitative estimate of drug-likeness (QED) is 0.0211. The number of unbranched alkanes of at least 4 members (excludes halogenated alkanes) is 27. The number of quaternary nitrogens is 1. The number of aliphatic carboxylic acids is 1. The van der Waals surface area contributed by atoms with Crippen molar-refractivity contribution in [3.05, 3.63) is 109 Å². The number of hydrogen-bond donors (Lipinski definition) is 1. The smallest absolute Gasteiger partial charge is 0.361 e. The zero-order valence-electron chi connectivity index (χ0n) is 52.9. The van der Waals surface area contributed by atoms with Gasteiger partial charge < -0.3 is 28.5 Å². The van der Waals surface area contributed by atoms with Gasteiger partial charge in [0, 0.05) is 12.8 Å². The number of carbonyl (C=O) groups is 3. The van der Waals surface area contributed by atoms with E-state index < -0.39 is 24.3 Å². The lowest BCUT2D eigenvalue weighted by atomic mass is 10.0. The zero-order valence-corrected chi connectivity index (χ0v) is 52.9. The molecule has 0 bridgehead atoms. The summed E-state index contributed by atoms with van der Waals surface area (Å²) in [6, 6.07) is 0. The van der Waals surface area contributed by atoms with Crippen molar-refractivity contribution in [1.82, 2.24) is 0 Å². The average Bonchev–Trinajstić information content (AvgIpc) is 3.44. The van der Waals surface area contributed by atoms with Crippen LogP contribution in [0.25, 0.3) is 0 Å². The predicted molar refractivity (Wildman–Crippen MR) is 345 cm³/mol. The van der Waals surface area contributed by atoms with Crippen molar-refractivity contribution in [2.24, 2.45) is 0 Å². The van der Waals surface area contributed by atoms with E-state index in [1.807, 2.05) is 21.1 Å². The van der Waals surface area contributed by atoms with Gasteiger partial charge in [0.05, 0.1) is 34.4 Å². The van der Waals surface area contributed by atoms with Crippen LogP contribution in [0.4, 0.5) is 0 Å². The maximum Gasteiger partial charge on any atom is 0.361 e. The average molecular weight is 1130 g/mol. The maximum absolute atomic E-state index is 12.9. The van der Waals surface area contributed by atoms with Crippen molar-refractivity contribution in [3.63, 3.8) is 0 Å². The number of hydrogen-bond acceptors (Lipinski definition) is 7. The second-order valence-corrected chi connectivity index (χ2v) is 23.0. The molecule has 9 heteroatoms. The fourth-order valence-electron chi connectivity index (χ4n) is 9.03. The van der Waals surface area contributed by atoms with Gasteiger partial charge in [0.15, 0.2) is 6.10 Å². The van der Waals surface area contributed by atoms with E-state index in [-0.39, 0.29) is 32.2 Å². The summed E-state index contributed by atoms with van der Waals surface area (Å²) < 4.78 is 23.0. The highest BCUT2D eigenvalue weighted by Crippen LogP contribution is 2.17. The van der Waals surface area contributed by atoms with Gasteiger partial charge in [-0.1, -0.05) is 271 Å². The SMILES string of the molecule is CC/C=C\C/C=C\C/C=C\C/C=C\C/C=C\CCCCCCCCCCCCCCCCCCCC(=O)OC(COC(=O)CCCCCCCCCCCC/C=C\C/C=C\C/C=C\C/C=C\CC)COC(OCC[N+](C)(C)C)C(=O)O. The molecule has 0 aromatic carbocycles.